The number of nitrogens with zero attached hydrogens (tertiary/aromatic N) is 1. The van der Waals surface area contributed by atoms with Crippen LogP contribution in [0.3, 0.4) is 0 Å². The number of aromatic nitrogens is 1. The zero-order valence-electron chi connectivity index (χ0n) is 9.68. The maximum absolute atomic E-state index is 4.75. The van der Waals surface area contributed by atoms with Gasteiger partial charge in [-0.05, 0) is 0 Å². The van der Waals surface area contributed by atoms with Gasteiger partial charge in [-0.25, -0.2) is 0 Å². The third-order valence-corrected chi connectivity index (χ3v) is 4.96. The molecule has 0 saturated heterocycles. The Balaban J connectivity index is 1.96. The van der Waals surface area contributed by atoms with Gasteiger partial charge in [-0.2, -0.15) is 0 Å². The van der Waals surface area contributed by atoms with E-state index < -0.39 is 0 Å². The molecule has 1 nitrogen and oxygen atoms in total. The third-order valence-electron chi connectivity index (χ3n) is 2.79. The molecule has 0 N–H and O–H groups in total. The van der Waals surface area contributed by atoms with Crippen molar-refractivity contribution in [2.45, 2.75) is 13.3 Å². The van der Waals surface area contributed by atoms with Gasteiger partial charge >= 0.3 is 107 Å². The number of benzene rings is 2. The molecule has 0 aliphatic rings. The molecule has 1 heterocycles. The van der Waals surface area contributed by atoms with Gasteiger partial charge in [0, 0.05) is 0 Å². The van der Waals surface area contributed by atoms with E-state index in [4.69, 9.17) is 4.98 Å². The van der Waals surface area contributed by atoms with E-state index in [0.29, 0.717) is 14.5 Å². The van der Waals surface area contributed by atoms with Crippen molar-refractivity contribution in [3.05, 3.63) is 64.2 Å². The molecule has 84 valence electrons. The van der Waals surface area contributed by atoms with E-state index in [1.165, 1.54) is 25.5 Å². The first-order valence-corrected chi connectivity index (χ1v) is 7.42. The fourth-order valence-electron chi connectivity index (χ4n) is 1.93. The first kappa shape index (κ1) is 10.8. The first-order chi connectivity index (χ1) is 8.31. The van der Waals surface area contributed by atoms with Crippen LogP contribution in [0.2, 0.25) is 0 Å². The predicted molar refractivity (Wildman–Crippen MR) is 72.7 cm³/mol. The maximum atomic E-state index is 4.75. The van der Waals surface area contributed by atoms with Gasteiger partial charge < -0.3 is 0 Å². The van der Waals surface area contributed by atoms with Gasteiger partial charge in [0.05, 0.1) is 0 Å². The fraction of sp³-hybridized carbons (Fsp3) is 0.133. The molecule has 0 amide bonds. The molecule has 0 radical (unpaired) electrons. The van der Waals surface area contributed by atoms with Crippen molar-refractivity contribution in [3.63, 3.8) is 0 Å². The van der Waals surface area contributed by atoms with Gasteiger partial charge in [-0.15, -0.1) is 0 Å². The molecule has 3 aromatic rings. The van der Waals surface area contributed by atoms with Gasteiger partial charge in [0.2, 0.25) is 0 Å². The zero-order chi connectivity index (χ0) is 11.7. The summed E-state index contributed by atoms with van der Waals surface area (Å²) in [6, 6.07) is 17.2. The molecule has 1 aromatic heterocycles. The topological polar surface area (TPSA) is 12.9 Å². The van der Waals surface area contributed by atoms with Crippen molar-refractivity contribution in [1.29, 1.82) is 0 Å². The van der Waals surface area contributed by atoms with Crippen LogP contribution in [-0.2, 0) is 6.42 Å². The average Bonchev–Trinajstić information content (AvgIpc) is 2.71. The summed E-state index contributed by atoms with van der Waals surface area (Å²) in [5, 5.41) is 0. The van der Waals surface area contributed by atoms with Gasteiger partial charge in [0.15, 0.2) is 0 Å². The van der Waals surface area contributed by atoms with Crippen molar-refractivity contribution < 1.29 is 0 Å². The van der Waals surface area contributed by atoms with Crippen LogP contribution in [0.1, 0.15) is 15.7 Å². The molecule has 0 atom stereocenters. The van der Waals surface area contributed by atoms with Gasteiger partial charge in [0.25, 0.3) is 0 Å². The normalized spacial score (nSPS) is 10.9. The molecule has 17 heavy (non-hydrogen) atoms. The van der Waals surface area contributed by atoms with Crippen LogP contribution < -0.4 is 0 Å². The molecule has 0 saturated carbocycles. The predicted octanol–water partition coefficient (Wildman–Crippen LogP) is 3.19. The van der Waals surface area contributed by atoms with E-state index in [2.05, 4.69) is 55.5 Å². The van der Waals surface area contributed by atoms with Gasteiger partial charge in [0.1, 0.15) is 0 Å². The SMILES string of the molecule is Cc1ccc2[se]c(Cc3ccccc3)nc2c1. The zero-order valence-corrected chi connectivity index (χ0v) is 11.4. The number of hydrogen-bond acceptors (Lipinski definition) is 1. The summed E-state index contributed by atoms with van der Waals surface area (Å²) in [6.07, 6.45) is 0.995. The van der Waals surface area contributed by atoms with Crippen LogP contribution in [0.25, 0.3) is 9.78 Å². The van der Waals surface area contributed by atoms with E-state index in [0.717, 1.165) is 6.42 Å². The molecule has 0 aliphatic carbocycles. The average molecular weight is 286 g/mol. The molecule has 3 rings (SSSR count). The first-order valence-electron chi connectivity index (χ1n) is 5.71. The second kappa shape index (κ2) is 4.48. The van der Waals surface area contributed by atoms with Crippen molar-refractivity contribution in [1.82, 2.24) is 4.98 Å². The Morgan fingerprint density at radius 3 is 2.71 bits per heavy atom. The van der Waals surface area contributed by atoms with Crippen LogP contribution in [0.5, 0.6) is 0 Å². The van der Waals surface area contributed by atoms with E-state index in [1.807, 2.05) is 0 Å². The quantitative estimate of drug-likeness (QED) is 0.659. The Bertz CT molecular complexity index is 640. The van der Waals surface area contributed by atoms with Crippen molar-refractivity contribution in [2.75, 3.05) is 0 Å². The minimum absolute atomic E-state index is 0.416. The fourth-order valence-corrected chi connectivity index (χ4v) is 3.99. The summed E-state index contributed by atoms with van der Waals surface area (Å²) in [5.41, 5.74) is 3.85. The molecule has 2 heteroatoms. The van der Waals surface area contributed by atoms with E-state index in [1.54, 1.807) is 0 Å². The Morgan fingerprint density at radius 2 is 1.88 bits per heavy atom. The van der Waals surface area contributed by atoms with E-state index >= 15 is 0 Å². The second-order valence-corrected chi connectivity index (χ2v) is 6.58. The minimum atomic E-state index is 0.416. The second-order valence-electron chi connectivity index (χ2n) is 4.24. The molecule has 0 fully saturated rings. The summed E-state index contributed by atoms with van der Waals surface area (Å²) in [5.74, 6) is 0. The Kier molecular flexibility index (Phi) is 2.84. The Hall–Kier alpha value is -1.37. The number of hydrogen-bond donors (Lipinski definition) is 0. The van der Waals surface area contributed by atoms with Crippen molar-refractivity contribution >= 4 is 24.3 Å². The molecular formula is C15H13NSe. The standard InChI is InChI=1S/C15H13NSe/c1-11-7-8-14-13(9-11)16-15(17-14)10-12-5-3-2-4-6-12/h2-9H,10H2,1H3. The van der Waals surface area contributed by atoms with Gasteiger partial charge in [-0.1, -0.05) is 0 Å². The molecule has 0 unspecified atom stereocenters. The van der Waals surface area contributed by atoms with E-state index in [-0.39, 0.29) is 0 Å². The summed E-state index contributed by atoms with van der Waals surface area (Å²) in [7, 11) is 0. The molecule has 0 aliphatic heterocycles. The summed E-state index contributed by atoms with van der Waals surface area (Å²) in [4.78, 5) is 4.75. The van der Waals surface area contributed by atoms with Crippen LogP contribution in [0.4, 0.5) is 0 Å². The summed E-state index contributed by atoms with van der Waals surface area (Å²) in [6.45, 7) is 2.12. The monoisotopic (exact) mass is 287 g/mol. The van der Waals surface area contributed by atoms with Crippen LogP contribution in [0.15, 0.2) is 48.5 Å². The molecule has 0 bridgehead atoms. The summed E-state index contributed by atoms with van der Waals surface area (Å²) >= 11 is 0.416. The van der Waals surface area contributed by atoms with Crippen LogP contribution >= 0.6 is 0 Å². The third kappa shape index (κ3) is 2.33. The summed E-state index contributed by atoms with van der Waals surface area (Å²) < 4.78 is 2.76. The Morgan fingerprint density at radius 1 is 1.06 bits per heavy atom. The Labute approximate surface area is 107 Å². The molecular weight excluding hydrogens is 273 g/mol. The van der Waals surface area contributed by atoms with Gasteiger partial charge in [-0.3, -0.25) is 0 Å². The molecule has 0 spiro atoms. The van der Waals surface area contributed by atoms with Crippen molar-refractivity contribution in [3.8, 4) is 0 Å². The number of rotatable bonds is 2. The van der Waals surface area contributed by atoms with Crippen LogP contribution in [-0.4, -0.2) is 19.5 Å². The van der Waals surface area contributed by atoms with Crippen molar-refractivity contribution in [2.24, 2.45) is 0 Å². The number of fused-ring (bicyclic) bond motifs is 1. The van der Waals surface area contributed by atoms with Crippen LogP contribution in [0, 0.1) is 6.92 Å². The molecule has 2 aromatic carbocycles. The number of aryl methyl sites for hydroxylation is 1. The van der Waals surface area contributed by atoms with E-state index in [9.17, 15) is 0 Å².